The van der Waals surface area contributed by atoms with Gasteiger partial charge in [0.05, 0.1) is 17.2 Å². The second-order valence-electron chi connectivity index (χ2n) is 9.70. The molecular formula is C28H27F4N5O2. The normalized spacial score (nSPS) is 17.4. The maximum absolute atomic E-state index is 14.4. The molecule has 7 nitrogen and oxygen atoms in total. The third-order valence-electron chi connectivity index (χ3n) is 7.10. The van der Waals surface area contributed by atoms with Crippen molar-refractivity contribution in [2.45, 2.75) is 32.0 Å². The summed E-state index contributed by atoms with van der Waals surface area (Å²) in [5.74, 6) is -0.895. The Bertz CT molecular complexity index is 1370. The maximum Gasteiger partial charge on any atom is 0.416 e. The summed E-state index contributed by atoms with van der Waals surface area (Å²) in [4.78, 5) is 33.7. The van der Waals surface area contributed by atoms with Crippen LogP contribution in [0.4, 0.5) is 39.5 Å². The number of amides is 3. The number of nitrogens with one attached hydrogen (secondary N) is 2. The number of pyridine rings is 1. The van der Waals surface area contributed by atoms with Gasteiger partial charge in [-0.05, 0) is 66.8 Å². The lowest BCUT2D eigenvalue weighted by atomic mass is 9.93. The van der Waals surface area contributed by atoms with Crippen LogP contribution in [-0.2, 0) is 23.9 Å². The smallest absolute Gasteiger partial charge is 0.353 e. The monoisotopic (exact) mass is 541 g/mol. The first-order valence-corrected chi connectivity index (χ1v) is 12.7. The molecule has 39 heavy (non-hydrogen) atoms. The molecule has 0 spiro atoms. The van der Waals surface area contributed by atoms with Crippen molar-refractivity contribution in [1.82, 2.24) is 14.8 Å². The van der Waals surface area contributed by atoms with Gasteiger partial charge in [0.15, 0.2) is 0 Å². The van der Waals surface area contributed by atoms with Gasteiger partial charge in [-0.1, -0.05) is 18.2 Å². The predicted octanol–water partition coefficient (Wildman–Crippen LogP) is 5.81. The Morgan fingerprint density at radius 2 is 1.82 bits per heavy atom. The van der Waals surface area contributed by atoms with Crippen molar-refractivity contribution in [3.05, 3.63) is 83.3 Å². The molecular weight excluding hydrogens is 514 g/mol. The van der Waals surface area contributed by atoms with Gasteiger partial charge in [0, 0.05) is 38.1 Å². The van der Waals surface area contributed by atoms with E-state index in [1.165, 1.54) is 0 Å². The molecule has 1 atom stereocenters. The highest BCUT2D eigenvalue weighted by atomic mass is 19.4. The molecule has 11 heteroatoms. The minimum absolute atomic E-state index is 0.0249. The van der Waals surface area contributed by atoms with Crippen LogP contribution < -0.4 is 10.6 Å². The molecule has 2 aliphatic rings. The number of carbonyl (C=O) groups is 2. The van der Waals surface area contributed by atoms with E-state index in [2.05, 4.69) is 15.6 Å². The van der Waals surface area contributed by atoms with Crippen molar-refractivity contribution >= 4 is 29.1 Å². The summed E-state index contributed by atoms with van der Waals surface area (Å²) in [5, 5.41) is 5.69. The lowest BCUT2D eigenvalue weighted by Gasteiger charge is -2.37. The lowest BCUT2D eigenvalue weighted by molar-refractivity contribution is -0.138. The second kappa shape index (κ2) is 10.9. The van der Waals surface area contributed by atoms with Crippen LogP contribution in [0.25, 0.3) is 0 Å². The number of hydrogen-bond acceptors (Lipinski definition) is 4. The molecule has 0 saturated carbocycles. The zero-order valence-corrected chi connectivity index (χ0v) is 21.0. The number of piperidine rings is 1. The maximum atomic E-state index is 14.4. The molecule has 2 N–H and O–H groups in total. The molecule has 1 fully saturated rings. The van der Waals surface area contributed by atoms with Crippen LogP contribution in [-0.4, -0.2) is 46.4 Å². The third-order valence-corrected chi connectivity index (χ3v) is 7.10. The van der Waals surface area contributed by atoms with Crippen molar-refractivity contribution in [3.63, 3.8) is 0 Å². The Morgan fingerprint density at radius 1 is 0.974 bits per heavy atom. The first-order chi connectivity index (χ1) is 18.7. The highest BCUT2D eigenvalue weighted by Crippen LogP contribution is 2.34. The number of fused-ring (bicyclic) bond motifs is 1. The number of nitrogens with zero attached hydrogens (tertiary/aromatic N) is 3. The number of likely N-dealkylation sites (tertiary alicyclic amines) is 1. The molecule has 1 unspecified atom stereocenters. The van der Waals surface area contributed by atoms with E-state index in [1.54, 1.807) is 46.3 Å². The fraction of sp³-hybridized carbons (Fsp3) is 0.321. The summed E-state index contributed by atoms with van der Waals surface area (Å²) >= 11 is 0. The topological polar surface area (TPSA) is 77.6 Å². The summed E-state index contributed by atoms with van der Waals surface area (Å²) in [5.41, 5.74) is 1.26. The molecule has 3 aromatic rings. The van der Waals surface area contributed by atoms with Crippen molar-refractivity contribution in [2.75, 3.05) is 30.3 Å². The molecule has 204 valence electrons. The number of anilines is 3. The molecule has 0 radical (unpaired) electrons. The molecule has 2 aromatic carbocycles. The molecule has 1 saturated heterocycles. The third kappa shape index (κ3) is 5.97. The number of alkyl halides is 3. The summed E-state index contributed by atoms with van der Waals surface area (Å²) in [6, 6.07) is 12.7. The van der Waals surface area contributed by atoms with E-state index in [1.807, 2.05) is 6.07 Å². The van der Waals surface area contributed by atoms with E-state index in [9.17, 15) is 27.2 Å². The van der Waals surface area contributed by atoms with Gasteiger partial charge in [-0.15, -0.1) is 0 Å². The van der Waals surface area contributed by atoms with Crippen LogP contribution in [0.5, 0.6) is 0 Å². The van der Waals surface area contributed by atoms with Crippen LogP contribution in [0.3, 0.4) is 0 Å². The quantitative estimate of drug-likeness (QED) is 0.409. The van der Waals surface area contributed by atoms with Gasteiger partial charge in [0.1, 0.15) is 11.6 Å². The van der Waals surface area contributed by atoms with Gasteiger partial charge in [0.2, 0.25) is 5.91 Å². The van der Waals surface area contributed by atoms with Crippen molar-refractivity contribution in [2.24, 2.45) is 5.92 Å². The van der Waals surface area contributed by atoms with Gasteiger partial charge < -0.3 is 15.1 Å². The van der Waals surface area contributed by atoms with Crippen LogP contribution in [0, 0.1) is 11.7 Å². The van der Waals surface area contributed by atoms with Crippen molar-refractivity contribution in [3.8, 4) is 0 Å². The number of aromatic nitrogens is 1. The highest BCUT2D eigenvalue weighted by molar-refractivity contribution is 5.89. The molecule has 5 rings (SSSR count). The van der Waals surface area contributed by atoms with Gasteiger partial charge in [-0.3, -0.25) is 10.1 Å². The number of carbonyl (C=O) groups excluding carboxylic acids is 2. The van der Waals surface area contributed by atoms with Crippen LogP contribution >= 0.6 is 0 Å². The average molecular weight is 542 g/mol. The fourth-order valence-electron chi connectivity index (χ4n) is 5.10. The zero-order valence-electron chi connectivity index (χ0n) is 21.0. The van der Waals surface area contributed by atoms with Gasteiger partial charge >= 0.3 is 12.2 Å². The lowest BCUT2D eigenvalue weighted by Crippen LogP contribution is -2.48. The van der Waals surface area contributed by atoms with E-state index in [0.29, 0.717) is 63.0 Å². The second-order valence-corrected chi connectivity index (χ2v) is 9.70. The Hall–Kier alpha value is -4.15. The summed E-state index contributed by atoms with van der Waals surface area (Å²) in [6.07, 6.45) is -1.14. The van der Waals surface area contributed by atoms with E-state index in [0.717, 1.165) is 23.3 Å². The Labute approximate surface area is 222 Å². The molecule has 3 heterocycles. The standard InChI is InChI=1S/C28H27F4N5O2/c29-22-15-20(28(30,31)32)9-10-24(22)34-23-7-3-5-18-16-36(14-11-21(18)23)26(38)19-6-4-13-37(17-19)27(39)35-25-8-1-2-12-33-25/h1-3,5,7-10,12,15,19,34H,4,6,11,13-14,16-17H2,(H,33,35,39). The Kier molecular flexibility index (Phi) is 7.40. The number of rotatable bonds is 4. The van der Waals surface area contributed by atoms with Crippen LogP contribution in [0.15, 0.2) is 60.8 Å². The van der Waals surface area contributed by atoms with Gasteiger partial charge in [-0.2, -0.15) is 13.2 Å². The zero-order chi connectivity index (χ0) is 27.6. The molecule has 0 aliphatic carbocycles. The number of hydrogen-bond donors (Lipinski definition) is 2. The first-order valence-electron chi connectivity index (χ1n) is 12.7. The highest BCUT2D eigenvalue weighted by Gasteiger charge is 2.34. The minimum Gasteiger partial charge on any atom is -0.353 e. The average Bonchev–Trinajstić information content (AvgIpc) is 2.93. The van der Waals surface area contributed by atoms with Crippen LogP contribution in [0.2, 0.25) is 0 Å². The van der Waals surface area contributed by atoms with Gasteiger partial charge in [0.25, 0.3) is 0 Å². The van der Waals surface area contributed by atoms with Crippen molar-refractivity contribution in [1.29, 1.82) is 0 Å². The Balaban J connectivity index is 1.24. The molecule has 3 amide bonds. The summed E-state index contributed by atoms with van der Waals surface area (Å²) in [7, 11) is 0. The summed E-state index contributed by atoms with van der Waals surface area (Å²) in [6.45, 7) is 1.67. The number of urea groups is 1. The number of halogens is 4. The van der Waals surface area contributed by atoms with Crippen molar-refractivity contribution < 1.29 is 27.2 Å². The molecule has 1 aromatic heterocycles. The minimum atomic E-state index is -4.63. The van der Waals surface area contributed by atoms with E-state index < -0.39 is 17.6 Å². The van der Waals surface area contributed by atoms with E-state index >= 15 is 0 Å². The van der Waals surface area contributed by atoms with E-state index in [-0.39, 0.29) is 23.5 Å². The fourth-order valence-corrected chi connectivity index (χ4v) is 5.10. The predicted molar refractivity (Wildman–Crippen MR) is 138 cm³/mol. The van der Waals surface area contributed by atoms with Gasteiger partial charge in [-0.25, -0.2) is 14.2 Å². The Morgan fingerprint density at radius 3 is 2.56 bits per heavy atom. The summed E-state index contributed by atoms with van der Waals surface area (Å²) < 4.78 is 53.1. The van der Waals surface area contributed by atoms with Crippen LogP contribution in [0.1, 0.15) is 29.5 Å². The molecule has 0 bridgehead atoms. The first kappa shape index (κ1) is 26.5. The largest absolute Gasteiger partial charge is 0.416 e. The SMILES string of the molecule is O=C(Nc1ccccn1)N1CCCC(C(=O)N2CCc3c(cccc3Nc3ccc(C(F)(F)F)cc3F)C2)C1. The number of benzene rings is 2. The molecule has 2 aliphatic heterocycles. The van der Waals surface area contributed by atoms with E-state index in [4.69, 9.17) is 0 Å².